The van der Waals surface area contributed by atoms with Crippen LogP contribution in [0.15, 0.2) is 5.03 Å². The predicted molar refractivity (Wildman–Crippen MR) is 62.1 cm³/mol. The summed E-state index contributed by atoms with van der Waals surface area (Å²) in [4.78, 5) is 0. The third kappa shape index (κ3) is 2.85. The molecule has 0 unspecified atom stereocenters. The van der Waals surface area contributed by atoms with Gasteiger partial charge in [-0.2, -0.15) is 0 Å². The van der Waals surface area contributed by atoms with Gasteiger partial charge < -0.3 is 0 Å². The van der Waals surface area contributed by atoms with Crippen molar-refractivity contribution in [2.24, 2.45) is 5.92 Å². The fraction of sp³-hybridized carbons (Fsp3) is 0.600. The van der Waals surface area contributed by atoms with Gasteiger partial charge in [-0.1, -0.05) is 25.4 Å². The van der Waals surface area contributed by atoms with Gasteiger partial charge in [-0.15, -0.1) is 22.0 Å². The van der Waals surface area contributed by atoms with Crippen LogP contribution < -0.4 is 0 Å². The summed E-state index contributed by atoms with van der Waals surface area (Å²) >= 11 is 7.61. The zero-order chi connectivity index (χ0) is 10.7. The quantitative estimate of drug-likeness (QED) is 0.744. The maximum atomic E-state index is 5.87. The minimum absolute atomic E-state index is 0.511. The van der Waals surface area contributed by atoms with E-state index in [2.05, 4.69) is 24.0 Å². The molecule has 14 heavy (non-hydrogen) atoms. The minimum atomic E-state index is 0.511. The van der Waals surface area contributed by atoms with Gasteiger partial charge in [-0.3, -0.25) is 0 Å². The van der Waals surface area contributed by atoms with Crippen LogP contribution in [0.2, 0.25) is 5.15 Å². The Morgan fingerprint density at radius 3 is 2.43 bits per heavy atom. The first-order chi connectivity index (χ1) is 6.52. The van der Waals surface area contributed by atoms with Gasteiger partial charge in [0, 0.05) is 5.75 Å². The molecule has 1 aromatic rings. The Labute approximate surface area is 94.5 Å². The number of hydrogen-bond donors (Lipinski definition) is 0. The molecule has 0 radical (unpaired) electrons. The van der Waals surface area contributed by atoms with Crippen molar-refractivity contribution in [2.75, 3.05) is 5.75 Å². The molecule has 0 atom stereocenters. The average Bonchev–Trinajstić information content (AvgIpc) is 2.13. The number of nitrogens with zero attached hydrogens (tertiary/aromatic N) is 2. The van der Waals surface area contributed by atoms with Crippen molar-refractivity contribution in [1.82, 2.24) is 10.2 Å². The number of thioether (sulfide) groups is 1. The van der Waals surface area contributed by atoms with Gasteiger partial charge in [0.25, 0.3) is 0 Å². The summed E-state index contributed by atoms with van der Waals surface area (Å²) in [5.41, 5.74) is 2.18. The van der Waals surface area contributed by atoms with Gasteiger partial charge in [-0.05, 0) is 30.9 Å². The number of halogens is 1. The first kappa shape index (κ1) is 11.8. The maximum Gasteiger partial charge on any atom is 0.154 e. The molecule has 0 saturated carbocycles. The summed E-state index contributed by atoms with van der Waals surface area (Å²) in [6.07, 6.45) is 0. The van der Waals surface area contributed by atoms with E-state index in [-0.39, 0.29) is 0 Å². The second-order valence-electron chi connectivity index (χ2n) is 3.75. The molecule has 0 aliphatic heterocycles. The highest BCUT2D eigenvalue weighted by atomic mass is 35.5. The molecule has 1 heterocycles. The molecular weight excluding hydrogens is 216 g/mol. The summed E-state index contributed by atoms with van der Waals surface area (Å²) < 4.78 is 0. The van der Waals surface area contributed by atoms with Crippen LogP contribution in [0.4, 0.5) is 0 Å². The largest absolute Gasteiger partial charge is 0.154 e. The first-order valence-corrected chi connectivity index (χ1v) is 6.01. The van der Waals surface area contributed by atoms with Crippen LogP contribution in [0.3, 0.4) is 0 Å². The normalized spacial score (nSPS) is 11.0. The molecule has 0 fully saturated rings. The lowest BCUT2D eigenvalue weighted by Gasteiger charge is -2.08. The third-order valence-corrected chi connectivity index (χ3v) is 3.83. The second kappa shape index (κ2) is 4.99. The summed E-state index contributed by atoms with van der Waals surface area (Å²) in [6, 6.07) is 0. The van der Waals surface area contributed by atoms with E-state index in [0.717, 1.165) is 21.9 Å². The summed E-state index contributed by atoms with van der Waals surface area (Å²) in [5.74, 6) is 1.73. The van der Waals surface area contributed by atoms with Gasteiger partial charge in [0.2, 0.25) is 0 Å². The van der Waals surface area contributed by atoms with Crippen LogP contribution in [0.5, 0.6) is 0 Å². The van der Waals surface area contributed by atoms with E-state index in [1.165, 1.54) is 0 Å². The molecule has 0 aliphatic carbocycles. The monoisotopic (exact) mass is 230 g/mol. The fourth-order valence-corrected chi connectivity index (χ4v) is 2.08. The number of rotatable bonds is 3. The van der Waals surface area contributed by atoms with Crippen LogP contribution in [-0.2, 0) is 0 Å². The molecule has 0 aliphatic rings. The van der Waals surface area contributed by atoms with Gasteiger partial charge >= 0.3 is 0 Å². The zero-order valence-electron chi connectivity index (χ0n) is 8.97. The van der Waals surface area contributed by atoms with Crippen LogP contribution in [0, 0.1) is 19.8 Å². The Morgan fingerprint density at radius 2 is 1.86 bits per heavy atom. The van der Waals surface area contributed by atoms with E-state index >= 15 is 0 Å². The summed E-state index contributed by atoms with van der Waals surface area (Å²) in [7, 11) is 0. The molecule has 4 heteroatoms. The van der Waals surface area contributed by atoms with E-state index < -0.39 is 0 Å². The van der Waals surface area contributed by atoms with Crippen LogP contribution in [0.1, 0.15) is 25.0 Å². The summed E-state index contributed by atoms with van der Waals surface area (Å²) in [6.45, 7) is 8.40. The van der Waals surface area contributed by atoms with Crippen molar-refractivity contribution >= 4 is 23.4 Å². The van der Waals surface area contributed by atoms with E-state index in [1.54, 1.807) is 11.8 Å². The standard InChI is InChI=1S/C10H15ClN2S/c1-6(2)5-14-10-8(4)7(3)9(11)12-13-10/h6H,5H2,1-4H3. The molecule has 1 aromatic heterocycles. The molecule has 0 spiro atoms. The maximum absolute atomic E-state index is 5.87. The molecule has 1 rings (SSSR count). The molecule has 0 amide bonds. The molecule has 2 nitrogen and oxygen atoms in total. The second-order valence-corrected chi connectivity index (χ2v) is 5.12. The van der Waals surface area contributed by atoms with Crippen LogP contribution >= 0.6 is 23.4 Å². The van der Waals surface area contributed by atoms with Crippen molar-refractivity contribution in [3.63, 3.8) is 0 Å². The lowest BCUT2D eigenvalue weighted by Crippen LogP contribution is -1.98. The van der Waals surface area contributed by atoms with Gasteiger partial charge in [0.05, 0.1) is 0 Å². The van der Waals surface area contributed by atoms with Crippen LogP contribution in [0.25, 0.3) is 0 Å². The highest BCUT2D eigenvalue weighted by Gasteiger charge is 2.08. The van der Waals surface area contributed by atoms with Crippen molar-refractivity contribution in [3.05, 3.63) is 16.3 Å². The topological polar surface area (TPSA) is 25.8 Å². The molecule has 78 valence electrons. The Kier molecular flexibility index (Phi) is 4.20. The lowest BCUT2D eigenvalue weighted by atomic mass is 10.2. The first-order valence-electron chi connectivity index (χ1n) is 4.64. The molecule has 0 N–H and O–H groups in total. The van der Waals surface area contributed by atoms with Crippen molar-refractivity contribution in [3.8, 4) is 0 Å². The Hall–Kier alpha value is -0.280. The SMILES string of the molecule is Cc1c(Cl)nnc(SCC(C)C)c1C. The average molecular weight is 231 g/mol. The predicted octanol–water partition coefficient (Wildman–Crippen LogP) is 3.49. The van der Waals surface area contributed by atoms with Gasteiger partial charge in [-0.25, -0.2) is 0 Å². The van der Waals surface area contributed by atoms with Gasteiger partial charge in [0.15, 0.2) is 5.15 Å². The Balaban J connectivity index is 2.83. The fourth-order valence-electron chi connectivity index (χ4n) is 0.937. The minimum Gasteiger partial charge on any atom is -0.142 e. The highest BCUT2D eigenvalue weighted by molar-refractivity contribution is 7.99. The molecule has 0 saturated heterocycles. The van der Waals surface area contributed by atoms with Crippen molar-refractivity contribution in [2.45, 2.75) is 32.7 Å². The van der Waals surface area contributed by atoms with E-state index in [9.17, 15) is 0 Å². The van der Waals surface area contributed by atoms with Crippen LogP contribution in [-0.4, -0.2) is 16.0 Å². The number of hydrogen-bond acceptors (Lipinski definition) is 3. The van der Waals surface area contributed by atoms with E-state index in [1.807, 2.05) is 13.8 Å². The third-order valence-electron chi connectivity index (χ3n) is 1.97. The molecule has 0 aromatic carbocycles. The zero-order valence-corrected chi connectivity index (χ0v) is 10.5. The Morgan fingerprint density at radius 1 is 1.21 bits per heavy atom. The van der Waals surface area contributed by atoms with Crippen molar-refractivity contribution in [1.29, 1.82) is 0 Å². The molecular formula is C10H15ClN2S. The van der Waals surface area contributed by atoms with E-state index in [4.69, 9.17) is 11.6 Å². The van der Waals surface area contributed by atoms with E-state index in [0.29, 0.717) is 11.1 Å². The lowest BCUT2D eigenvalue weighted by molar-refractivity contribution is 0.747. The highest BCUT2D eigenvalue weighted by Crippen LogP contribution is 2.26. The molecule has 0 bridgehead atoms. The van der Waals surface area contributed by atoms with Gasteiger partial charge in [0.1, 0.15) is 5.03 Å². The van der Waals surface area contributed by atoms with Crippen molar-refractivity contribution < 1.29 is 0 Å². The smallest absolute Gasteiger partial charge is 0.142 e. The Bertz CT molecular complexity index is 326. The summed E-state index contributed by atoms with van der Waals surface area (Å²) in [5, 5.41) is 9.51. The number of aromatic nitrogens is 2.